The van der Waals surface area contributed by atoms with Crippen LogP contribution in [0.15, 0.2) is 49.7 Å². The van der Waals surface area contributed by atoms with Crippen molar-refractivity contribution in [3.63, 3.8) is 0 Å². The van der Waals surface area contributed by atoms with Gasteiger partial charge < -0.3 is 30.2 Å². The molecule has 1 saturated heterocycles. The molecule has 0 bridgehead atoms. The van der Waals surface area contributed by atoms with Crippen LogP contribution in [-0.2, 0) is 4.74 Å². The molecular formula is C29H33N9O3. The van der Waals surface area contributed by atoms with Crippen LogP contribution in [0.5, 0.6) is 0 Å². The molecule has 0 radical (unpaired) electrons. The number of rotatable bonds is 8. The standard InChI is InChI=1S/C29H33N9O3/c1-5-37(6-2)28(39)23-16-32-17-24-25(23)36-26(35-24)18(3)22-12-20(14-33-27(22)30-4)19-11-21(15-31-13-19)34-29(40)38-7-9-41-10-8-38/h11-17H,3,5-10H2,1-2,4H3,(H,30,33)(H,34,40)(H,35,36). The first-order valence-electron chi connectivity index (χ1n) is 13.5. The van der Waals surface area contributed by atoms with Crippen molar-refractivity contribution in [1.82, 2.24) is 34.7 Å². The maximum Gasteiger partial charge on any atom is 0.322 e. The largest absolute Gasteiger partial charge is 0.378 e. The van der Waals surface area contributed by atoms with Crippen molar-refractivity contribution in [3.05, 3.63) is 66.6 Å². The second kappa shape index (κ2) is 12.1. The number of hydrogen-bond acceptors (Lipinski definition) is 8. The summed E-state index contributed by atoms with van der Waals surface area (Å²) in [6.07, 6.45) is 8.25. The third-order valence-corrected chi connectivity index (χ3v) is 7.03. The zero-order chi connectivity index (χ0) is 28.9. The van der Waals surface area contributed by atoms with Gasteiger partial charge in [-0.15, -0.1) is 0 Å². The third kappa shape index (κ3) is 5.73. The van der Waals surface area contributed by atoms with Crippen molar-refractivity contribution in [1.29, 1.82) is 0 Å². The van der Waals surface area contributed by atoms with Gasteiger partial charge in [0.1, 0.15) is 17.2 Å². The van der Waals surface area contributed by atoms with Gasteiger partial charge in [-0.05, 0) is 26.0 Å². The molecule has 0 atom stereocenters. The van der Waals surface area contributed by atoms with Crippen molar-refractivity contribution in [2.75, 3.05) is 57.1 Å². The number of H-pyrrole nitrogens is 1. The number of hydrogen-bond donors (Lipinski definition) is 3. The van der Waals surface area contributed by atoms with E-state index in [1.807, 2.05) is 26.0 Å². The van der Waals surface area contributed by atoms with Gasteiger partial charge in [-0.25, -0.2) is 14.8 Å². The lowest BCUT2D eigenvalue weighted by Crippen LogP contribution is -2.43. The Balaban J connectivity index is 1.45. The number of carbonyl (C=O) groups excluding carboxylic acids is 2. The highest BCUT2D eigenvalue weighted by molar-refractivity contribution is 6.05. The molecule has 1 aliphatic rings. The van der Waals surface area contributed by atoms with Gasteiger partial charge in [0.15, 0.2) is 0 Å². The first-order valence-corrected chi connectivity index (χ1v) is 13.5. The van der Waals surface area contributed by atoms with Gasteiger partial charge in [0, 0.05) is 74.1 Å². The van der Waals surface area contributed by atoms with Crippen molar-refractivity contribution < 1.29 is 14.3 Å². The molecule has 12 heteroatoms. The zero-order valence-corrected chi connectivity index (χ0v) is 23.4. The number of fused-ring (bicyclic) bond motifs is 1. The first kappa shape index (κ1) is 27.7. The summed E-state index contributed by atoms with van der Waals surface area (Å²) in [7, 11) is 1.78. The predicted molar refractivity (Wildman–Crippen MR) is 158 cm³/mol. The van der Waals surface area contributed by atoms with Gasteiger partial charge in [-0.3, -0.25) is 14.8 Å². The van der Waals surface area contributed by atoms with Crippen LogP contribution in [0.25, 0.3) is 27.7 Å². The Morgan fingerprint density at radius 3 is 2.49 bits per heavy atom. The van der Waals surface area contributed by atoms with Crippen LogP contribution in [-0.4, -0.2) is 93.1 Å². The average Bonchev–Trinajstić information content (AvgIpc) is 3.46. The topological polar surface area (TPSA) is 141 Å². The fraction of sp³-hybridized carbons (Fsp3) is 0.310. The SMILES string of the molecule is C=C(c1nc2c(C(=O)N(CC)CC)cncc2[nH]1)c1cc(-c2cncc(NC(=O)N3CCOCC3)c2)cnc1NC. The fourth-order valence-electron chi connectivity index (χ4n) is 4.73. The highest BCUT2D eigenvalue weighted by atomic mass is 16.5. The Labute approximate surface area is 237 Å². The van der Waals surface area contributed by atoms with Crippen molar-refractivity contribution in [2.24, 2.45) is 0 Å². The van der Waals surface area contributed by atoms with Gasteiger partial charge >= 0.3 is 6.03 Å². The van der Waals surface area contributed by atoms with Crippen molar-refractivity contribution >= 4 is 40.1 Å². The van der Waals surface area contributed by atoms with E-state index in [-0.39, 0.29) is 11.9 Å². The molecule has 3 N–H and O–H groups in total. The van der Waals surface area contributed by atoms with E-state index in [0.29, 0.717) is 78.9 Å². The Morgan fingerprint density at radius 2 is 1.76 bits per heavy atom. The van der Waals surface area contributed by atoms with Gasteiger partial charge in [0.25, 0.3) is 5.91 Å². The van der Waals surface area contributed by atoms with Crippen LogP contribution in [0.2, 0.25) is 0 Å². The molecule has 1 fully saturated rings. The molecule has 41 heavy (non-hydrogen) atoms. The number of anilines is 2. The molecule has 12 nitrogen and oxygen atoms in total. The molecule has 0 saturated carbocycles. The van der Waals surface area contributed by atoms with E-state index < -0.39 is 0 Å². The molecule has 4 aromatic heterocycles. The van der Waals surface area contributed by atoms with E-state index in [9.17, 15) is 9.59 Å². The monoisotopic (exact) mass is 555 g/mol. The molecule has 3 amide bonds. The number of nitrogens with one attached hydrogen (secondary N) is 3. The Hall–Kier alpha value is -4.84. The lowest BCUT2D eigenvalue weighted by atomic mass is 10.0. The van der Waals surface area contributed by atoms with Crippen molar-refractivity contribution in [2.45, 2.75) is 13.8 Å². The van der Waals surface area contributed by atoms with E-state index in [4.69, 9.17) is 9.72 Å². The molecule has 4 aromatic rings. The Bertz CT molecular complexity index is 1590. The first-order chi connectivity index (χ1) is 19.9. The molecular weight excluding hydrogens is 522 g/mol. The molecule has 5 rings (SSSR count). The maximum atomic E-state index is 13.1. The van der Waals surface area contributed by atoms with Gasteiger partial charge in [-0.1, -0.05) is 6.58 Å². The van der Waals surface area contributed by atoms with Gasteiger partial charge in [0.05, 0.1) is 42.4 Å². The number of morpholine rings is 1. The number of urea groups is 1. The predicted octanol–water partition coefficient (Wildman–Crippen LogP) is 3.86. The molecule has 0 aliphatic carbocycles. The van der Waals surface area contributed by atoms with Crippen LogP contribution < -0.4 is 10.6 Å². The zero-order valence-electron chi connectivity index (χ0n) is 23.4. The molecule has 0 unspecified atom stereocenters. The number of carbonyl (C=O) groups is 2. The Kier molecular flexibility index (Phi) is 8.20. The van der Waals surface area contributed by atoms with Gasteiger partial charge in [-0.2, -0.15) is 0 Å². The summed E-state index contributed by atoms with van der Waals surface area (Å²) in [6, 6.07) is 3.61. The highest BCUT2D eigenvalue weighted by Gasteiger charge is 2.21. The molecule has 1 aliphatic heterocycles. The molecule has 5 heterocycles. The number of ether oxygens (including phenoxy) is 1. The number of pyridine rings is 3. The average molecular weight is 556 g/mol. The minimum absolute atomic E-state index is 0.121. The number of aromatic nitrogens is 5. The lowest BCUT2D eigenvalue weighted by Gasteiger charge is -2.26. The second-order valence-electron chi connectivity index (χ2n) is 9.49. The van der Waals surface area contributed by atoms with E-state index >= 15 is 0 Å². The number of amides is 3. The maximum absolute atomic E-state index is 13.1. The number of aromatic amines is 1. The molecule has 0 aromatic carbocycles. The van der Waals surface area contributed by atoms with Crippen LogP contribution in [0, 0.1) is 0 Å². The van der Waals surface area contributed by atoms with E-state index in [1.54, 1.807) is 47.8 Å². The van der Waals surface area contributed by atoms with Gasteiger partial charge in [0.2, 0.25) is 0 Å². The summed E-state index contributed by atoms with van der Waals surface area (Å²) in [5.41, 5.74) is 5.05. The number of imidazole rings is 1. The third-order valence-electron chi connectivity index (χ3n) is 7.03. The smallest absolute Gasteiger partial charge is 0.322 e. The summed E-state index contributed by atoms with van der Waals surface area (Å²) in [6.45, 7) is 11.5. The van der Waals surface area contributed by atoms with Crippen LogP contribution in [0.3, 0.4) is 0 Å². The van der Waals surface area contributed by atoms with Crippen molar-refractivity contribution in [3.8, 4) is 11.1 Å². The van der Waals surface area contributed by atoms with Crippen LogP contribution >= 0.6 is 0 Å². The van der Waals surface area contributed by atoms with Crippen LogP contribution in [0.4, 0.5) is 16.3 Å². The molecule has 0 spiro atoms. The fourth-order valence-corrected chi connectivity index (χ4v) is 4.73. The molecule has 212 valence electrons. The summed E-state index contributed by atoms with van der Waals surface area (Å²) < 4.78 is 5.33. The van der Waals surface area contributed by atoms with E-state index in [0.717, 1.165) is 16.7 Å². The van der Waals surface area contributed by atoms with E-state index in [1.165, 1.54) is 0 Å². The number of nitrogens with zero attached hydrogens (tertiary/aromatic N) is 6. The summed E-state index contributed by atoms with van der Waals surface area (Å²) in [5.74, 6) is 0.993. The summed E-state index contributed by atoms with van der Waals surface area (Å²) in [5, 5.41) is 6.04. The van der Waals surface area contributed by atoms with Crippen LogP contribution in [0.1, 0.15) is 35.6 Å². The normalized spacial score (nSPS) is 13.2. The minimum atomic E-state index is -0.191. The Morgan fingerprint density at radius 1 is 1.02 bits per heavy atom. The summed E-state index contributed by atoms with van der Waals surface area (Å²) in [4.78, 5) is 50.4. The summed E-state index contributed by atoms with van der Waals surface area (Å²) >= 11 is 0. The minimum Gasteiger partial charge on any atom is -0.378 e. The quantitative estimate of drug-likeness (QED) is 0.298. The highest BCUT2D eigenvalue weighted by Crippen LogP contribution is 2.31. The lowest BCUT2D eigenvalue weighted by molar-refractivity contribution is 0.0564. The second-order valence-corrected chi connectivity index (χ2v) is 9.49. The van der Waals surface area contributed by atoms with E-state index in [2.05, 4.69) is 37.1 Å².